The highest BCUT2D eigenvalue weighted by molar-refractivity contribution is 6.46. The van der Waals surface area contributed by atoms with Gasteiger partial charge in [0.25, 0.3) is 11.7 Å². The molecule has 1 aromatic carbocycles. The maximum atomic E-state index is 13.5. The van der Waals surface area contributed by atoms with Gasteiger partial charge in [0, 0.05) is 6.20 Å². The molecule has 0 spiro atoms. The smallest absolute Gasteiger partial charge is 0.296 e. The number of ether oxygens (including phenoxy) is 2. The van der Waals surface area contributed by atoms with Gasteiger partial charge in [-0.1, -0.05) is 25.5 Å². The molecule has 1 fully saturated rings. The molecular weight excluding hydrogens is 498 g/mol. The highest BCUT2D eigenvalue weighted by atomic mass is 16.5. The lowest BCUT2D eigenvalue weighted by molar-refractivity contribution is -0.140. The molecule has 1 saturated heterocycles. The first-order valence-electron chi connectivity index (χ1n) is 13.1. The van der Waals surface area contributed by atoms with Crippen LogP contribution in [0.15, 0.2) is 71.0 Å². The fourth-order valence-electron chi connectivity index (χ4n) is 4.90. The van der Waals surface area contributed by atoms with Gasteiger partial charge in [0.05, 0.1) is 43.3 Å². The number of aryl methyl sites for hydroxylation is 1. The van der Waals surface area contributed by atoms with Crippen LogP contribution in [0.3, 0.4) is 0 Å². The number of hydrogen-bond donors (Lipinski definition) is 1. The zero-order valence-corrected chi connectivity index (χ0v) is 22.2. The number of ketones is 1. The molecule has 1 amide bonds. The van der Waals surface area contributed by atoms with E-state index in [1.54, 1.807) is 47.9 Å². The number of hydrogen-bond acceptors (Lipinski definition) is 7. The number of rotatable bonds is 10. The van der Waals surface area contributed by atoms with Gasteiger partial charge in [-0.3, -0.25) is 14.0 Å². The number of aliphatic hydroxyl groups is 1. The van der Waals surface area contributed by atoms with Crippen LogP contribution in [0.5, 0.6) is 11.5 Å². The molecule has 4 heterocycles. The van der Waals surface area contributed by atoms with Crippen LogP contribution in [-0.2, 0) is 16.1 Å². The summed E-state index contributed by atoms with van der Waals surface area (Å²) in [5.41, 5.74) is 2.08. The summed E-state index contributed by atoms with van der Waals surface area (Å²) in [4.78, 5) is 32.9. The number of pyridine rings is 1. The number of imidazole rings is 1. The molecule has 1 N–H and O–H groups in total. The second-order valence-electron chi connectivity index (χ2n) is 9.32. The quantitative estimate of drug-likeness (QED) is 0.126. The first kappa shape index (κ1) is 26.1. The molecule has 0 saturated carbocycles. The minimum atomic E-state index is -0.896. The average Bonchev–Trinajstić information content (AvgIpc) is 3.62. The standard InChI is InChI=1S/C30H31N3O6/c1-4-6-15-39-22-13-12-20(17-23(22)37-5-2)27-25(29(35)30(36)33(27)18-21-10-9-16-38-21)28(34)26-19(3)31-24-11-7-8-14-32(24)26/h7-14,16-17,27,34H,4-6,15,18H2,1-3H3/b28-25+. The lowest BCUT2D eigenvalue weighted by Gasteiger charge is -2.25. The van der Waals surface area contributed by atoms with E-state index in [9.17, 15) is 14.7 Å². The van der Waals surface area contributed by atoms with E-state index >= 15 is 0 Å². The normalized spacial score (nSPS) is 16.8. The van der Waals surface area contributed by atoms with E-state index < -0.39 is 17.7 Å². The Bertz CT molecular complexity index is 1540. The van der Waals surface area contributed by atoms with Crippen LogP contribution in [0.2, 0.25) is 0 Å². The van der Waals surface area contributed by atoms with E-state index in [4.69, 9.17) is 13.9 Å². The summed E-state index contributed by atoms with van der Waals surface area (Å²) >= 11 is 0. The summed E-state index contributed by atoms with van der Waals surface area (Å²) in [5, 5.41) is 11.7. The number of carbonyl (C=O) groups is 2. The molecule has 0 aliphatic carbocycles. The molecule has 0 bridgehead atoms. The Morgan fingerprint density at radius 3 is 2.67 bits per heavy atom. The van der Waals surface area contributed by atoms with E-state index in [1.807, 2.05) is 25.1 Å². The van der Waals surface area contributed by atoms with Crippen LogP contribution >= 0.6 is 0 Å². The van der Waals surface area contributed by atoms with E-state index in [-0.39, 0.29) is 17.9 Å². The number of unbranched alkanes of at least 4 members (excludes halogenated alkanes) is 1. The van der Waals surface area contributed by atoms with Crippen LogP contribution in [-0.4, -0.2) is 44.3 Å². The Hall–Kier alpha value is -4.53. The molecule has 39 heavy (non-hydrogen) atoms. The number of amides is 1. The van der Waals surface area contributed by atoms with E-state index in [2.05, 4.69) is 11.9 Å². The van der Waals surface area contributed by atoms with Crippen LogP contribution in [0, 0.1) is 6.92 Å². The van der Waals surface area contributed by atoms with Crippen molar-refractivity contribution in [1.82, 2.24) is 14.3 Å². The molecule has 9 nitrogen and oxygen atoms in total. The minimum absolute atomic E-state index is 0.0255. The number of Topliss-reactive ketones (excluding diaryl/α,β-unsaturated/α-hetero) is 1. The number of furan rings is 1. The maximum Gasteiger partial charge on any atom is 0.296 e. The Morgan fingerprint density at radius 1 is 1.08 bits per heavy atom. The van der Waals surface area contributed by atoms with Gasteiger partial charge in [0.15, 0.2) is 17.3 Å². The largest absolute Gasteiger partial charge is 0.505 e. The number of nitrogens with zero attached hydrogens (tertiary/aromatic N) is 3. The van der Waals surface area contributed by atoms with E-state index in [1.165, 1.54) is 11.2 Å². The Balaban J connectivity index is 1.67. The van der Waals surface area contributed by atoms with Crippen LogP contribution in [0.4, 0.5) is 0 Å². The average molecular weight is 530 g/mol. The van der Waals surface area contributed by atoms with Gasteiger partial charge in [-0.25, -0.2) is 4.98 Å². The zero-order valence-electron chi connectivity index (χ0n) is 22.2. The van der Waals surface area contributed by atoms with Crippen molar-refractivity contribution in [3.8, 4) is 11.5 Å². The van der Waals surface area contributed by atoms with Crippen LogP contribution in [0.1, 0.15) is 55.4 Å². The van der Waals surface area contributed by atoms with Gasteiger partial charge in [-0.05, 0) is 62.2 Å². The predicted molar refractivity (Wildman–Crippen MR) is 144 cm³/mol. The number of benzene rings is 1. The molecule has 1 unspecified atom stereocenters. The van der Waals surface area contributed by atoms with Crippen molar-refractivity contribution in [1.29, 1.82) is 0 Å². The van der Waals surface area contributed by atoms with Crippen LogP contribution < -0.4 is 9.47 Å². The Labute approximate surface area is 226 Å². The van der Waals surface area contributed by atoms with Gasteiger partial charge < -0.3 is 23.9 Å². The molecule has 9 heteroatoms. The first-order chi connectivity index (χ1) is 18.9. The van der Waals surface area contributed by atoms with Gasteiger partial charge >= 0.3 is 0 Å². The third kappa shape index (κ3) is 4.87. The summed E-state index contributed by atoms with van der Waals surface area (Å²) in [6.45, 7) is 6.71. The number of aromatic nitrogens is 2. The SMILES string of the molecule is CCCCOc1ccc(C2/C(=C(\O)c3c(C)nc4ccccn34)C(=O)C(=O)N2Cc2ccco2)cc1OCC. The maximum absolute atomic E-state index is 13.5. The molecular formula is C30H31N3O6. The highest BCUT2D eigenvalue weighted by Crippen LogP contribution is 2.43. The van der Waals surface area contributed by atoms with Crippen LogP contribution in [0.25, 0.3) is 11.4 Å². The van der Waals surface area contributed by atoms with Gasteiger partial charge in [0.1, 0.15) is 17.1 Å². The second kappa shape index (κ2) is 11.1. The van der Waals surface area contributed by atoms with Crippen molar-refractivity contribution in [2.45, 2.75) is 46.2 Å². The number of likely N-dealkylation sites (tertiary alicyclic amines) is 1. The zero-order chi connectivity index (χ0) is 27.5. The second-order valence-corrected chi connectivity index (χ2v) is 9.32. The highest BCUT2D eigenvalue weighted by Gasteiger charge is 2.47. The third-order valence-electron chi connectivity index (χ3n) is 6.71. The lowest BCUT2D eigenvalue weighted by Crippen LogP contribution is -2.29. The molecule has 1 aliphatic rings. The topological polar surface area (TPSA) is 107 Å². The first-order valence-corrected chi connectivity index (χ1v) is 13.1. The summed E-state index contributed by atoms with van der Waals surface area (Å²) in [6.07, 6.45) is 5.16. The van der Waals surface area contributed by atoms with Crippen molar-refractivity contribution in [3.05, 3.63) is 89.3 Å². The lowest BCUT2D eigenvalue weighted by atomic mass is 9.95. The van der Waals surface area contributed by atoms with Crippen molar-refractivity contribution < 1.29 is 28.6 Å². The van der Waals surface area contributed by atoms with Gasteiger partial charge in [-0.2, -0.15) is 0 Å². The Kier molecular flexibility index (Phi) is 7.40. The number of fused-ring (bicyclic) bond motifs is 1. The molecule has 5 rings (SSSR count). The molecule has 202 valence electrons. The summed E-state index contributed by atoms with van der Waals surface area (Å²) < 4.78 is 19.0. The molecule has 0 radical (unpaired) electrons. The van der Waals surface area contributed by atoms with Gasteiger partial charge in [0.2, 0.25) is 0 Å². The summed E-state index contributed by atoms with van der Waals surface area (Å²) in [7, 11) is 0. The third-order valence-corrected chi connectivity index (χ3v) is 6.71. The fourth-order valence-corrected chi connectivity index (χ4v) is 4.90. The predicted octanol–water partition coefficient (Wildman–Crippen LogP) is 5.44. The van der Waals surface area contributed by atoms with Crippen molar-refractivity contribution in [2.24, 2.45) is 0 Å². The fraction of sp³-hybridized carbons (Fsp3) is 0.300. The molecule has 1 atom stereocenters. The minimum Gasteiger partial charge on any atom is -0.505 e. The monoisotopic (exact) mass is 529 g/mol. The van der Waals surface area contributed by atoms with Gasteiger partial charge in [-0.15, -0.1) is 0 Å². The molecule has 3 aromatic heterocycles. The molecule has 1 aliphatic heterocycles. The van der Waals surface area contributed by atoms with Crippen molar-refractivity contribution in [2.75, 3.05) is 13.2 Å². The van der Waals surface area contributed by atoms with E-state index in [0.29, 0.717) is 53.1 Å². The van der Waals surface area contributed by atoms with Crippen molar-refractivity contribution in [3.63, 3.8) is 0 Å². The number of carbonyl (C=O) groups excluding carboxylic acids is 2. The summed E-state index contributed by atoms with van der Waals surface area (Å²) in [6, 6.07) is 13.4. The number of aliphatic hydroxyl groups excluding tert-OH is 1. The Morgan fingerprint density at radius 2 is 1.92 bits per heavy atom. The summed E-state index contributed by atoms with van der Waals surface area (Å²) in [5.74, 6) is -0.216. The van der Waals surface area contributed by atoms with E-state index in [0.717, 1.165) is 12.8 Å². The molecule has 4 aromatic rings. The van der Waals surface area contributed by atoms with Crippen molar-refractivity contribution >= 4 is 23.1 Å².